The SMILES string of the molecule is CC(Nc1ccnc(NN)c1)C1CC2CCC1C2. The Labute approximate surface area is 108 Å². The molecule has 0 radical (unpaired) electrons. The molecule has 0 aliphatic heterocycles. The number of pyridine rings is 1. The van der Waals surface area contributed by atoms with Crippen molar-refractivity contribution in [3.63, 3.8) is 0 Å². The van der Waals surface area contributed by atoms with Crippen molar-refractivity contribution in [2.45, 2.75) is 38.6 Å². The van der Waals surface area contributed by atoms with Gasteiger partial charge in [0.2, 0.25) is 0 Å². The summed E-state index contributed by atoms with van der Waals surface area (Å²) < 4.78 is 0. The average Bonchev–Trinajstić information content (AvgIpc) is 3.01. The van der Waals surface area contributed by atoms with Crippen LogP contribution >= 0.6 is 0 Å². The number of rotatable bonds is 4. The van der Waals surface area contributed by atoms with Crippen molar-refractivity contribution in [3.8, 4) is 0 Å². The summed E-state index contributed by atoms with van der Waals surface area (Å²) in [6.45, 7) is 2.31. The lowest BCUT2D eigenvalue weighted by Gasteiger charge is -2.29. The van der Waals surface area contributed by atoms with Crippen molar-refractivity contribution in [1.29, 1.82) is 0 Å². The molecule has 4 N–H and O–H groups in total. The minimum Gasteiger partial charge on any atom is -0.382 e. The molecule has 2 aliphatic rings. The normalized spacial score (nSPS) is 31.3. The van der Waals surface area contributed by atoms with Crippen LogP contribution in [-0.2, 0) is 0 Å². The molecule has 4 unspecified atom stereocenters. The first-order chi connectivity index (χ1) is 8.76. The molecule has 2 saturated carbocycles. The summed E-state index contributed by atoms with van der Waals surface area (Å²) in [5.41, 5.74) is 3.69. The summed E-state index contributed by atoms with van der Waals surface area (Å²) >= 11 is 0. The van der Waals surface area contributed by atoms with Crippen LogP contribution in [-0.4, -0.2) is 11.0 Å². The molecule has 0 aromatic carbocycles. The van der Waals surface area contributed by atoms with Crippen molar-refractivity contribution in [1.82, 2.24) is 4.98 Å². The molecule has 4 heteroatoms. The van der Waals surface area contributed by atoms with Crippen molar-refractivity contribution in [2.75, 3.05) is 10.7 Å². The van der Waals surface area contributed by atoms with Crippen LogP contribution in [0.5, 0.6) is 0 Å². The third kappa shape index (κ3) is 2.17. The molecule has 2 fully saturated rings. The second-order valence-corrected chi connectivity index (χ2v) is 5.85. The largest absolute Gasteiger partial charge is 0.382 e. The van der Waals surface area contributed by atoms with Crippen LogP contribution in [0.4, 0.5) is 11.5 Å². The van der Waals surface area contributed by atoms with E-state index in [0.717, 1.165) is 23.4 Å². The number of nitrogens with two attached hydrogens (primary N) is 1. The maximum atomic E-state index is 5.38. The lowest BCUT2D eigenvalue weighted by atomic mass is 9.84. The van der Waals surface area contributed by atoms with E-state index in [1.807, 2.05) is 12.1 Å². The zero-order chi connectivity index (χ0) is 12.5. The summed E-state index contributed by atoms with van der Waals surface area (Å²) in [5.74, 6) is 8.88. The van der Waals surface area contributed by atoms with Gasteiger partial charge in [0.15, 0.2) is 0 Å². The Kier molecular flexibility index (Phi) is 3.12. The van der Waals surface area contributed by atoms with Crippen LogP contribution in [0.25, 0.3) is 0 Å². The van der Waals surface area contributed by atoms with Crippen LogP contribution in [0.15, 0.2) is 18.3 Å². The number of fused-ring (bicyclic) bond motifs is 2. The molecule has 0 saturated heterocycles. The maximum Gasteiger partial charge on any atom is 0.141 e. The zero-order valence-corrected chi connectivity index (χ0v) is 10.9. The fourth-order valence-electron chi connectivity index (χ4n) is 3.88. The number of hydrazine groups is 1. The molecule has 2 aliphatic carbocycles. The van der Waals surface area contributed by atoms with Crippen molar-refractivity contribution < 1.29 is 0 Å². The first kappa shape index (κ1) is 11.8. The number of hydrogen-bond acceptors (Lipinski definition) is 4. The summed E-state index contributed by atoms with van der Waals surface area (Å²) in [5, 5.41) is 3.61. The highest BCUT2D eigenvalue weighted by Crippen LogP contribution is 2.49. The van der Waals surface area contributed by atoms with E-state index < -0.39 is 0 Å². The Morgan fingerprint density at radius 2 is 2.28 bits per heavy atom. The van der Waals surface area contributed by atoms with Gasteiger partial charge in [-0.05, 0) is 50.0 Å². The fourth-order valence-corrected chi connectivity index (χ4v) is 3.88. The third-order valence-corrected chi connectivity index (χ3v) is 4.74. The lowest BCUT2D eigenvalue weighted by molar-refractivity contribution is 0.304. The Balaban J connectivity index is 1.65. The number of anilines is 2. The molecule has 1 heterocycles. The maximum absolute atomic E-state index is 5.38. The first-order valence-electron chi connectivity index (χ1n) is 6.95. The highest BCUT2D eigenvalue weighted by Gasteiger charge is 2.41. The van der Waals surface area contributed by atoms with E-state index >= 15 is 0 Å². The van der Waals surface area contributed by atoms with E-state index in [2.05, 4.69) is 22.7 Å². The summed E-state index contributed by atoms with van der Waals surface area (Å²) in [7, 11) is 0. The molecule has 4 nitrogen and oxygen atoms in total. The monoisotopic (exact) mass is 246 g/mol. The number of nitrogens with zero attached hydrogens (tertiary/aromatic N) is 1. The van der Waals surface area contributed by atoms with Crippen molar-refractivity contribution in [3.05, 3.63) is 18.3 Å². The van der Waals surface area contributed by atoms with Gasteiger partial charge in [0.1, 0.15) is 5.82 Å². The van der Waals surface area contributed by atoms with Gasteiger partial charge in [-0.25, -0.2) is 10.8 Å². The van der Waals surface area contributed by atoms with Gasteiger partial charge in [0.25, 0.3) is 0 Å². The number of aromatic nitrogens is 1. The van der Waals surface area contributed by atoms with Gasteiger partial charge in [-0.15, -0.1) is 0 Å². The molecule has 1 aromatic rings. The van der Waals surface area contributed by atoms with Gasteiger partial charge in [-0.3, -0.25) is 0 Å². The first-order valence-corrected chi connectivity index (χ1v) is 6.95. The highest BCUT2D eigenvalue weighted by atomic mass is 15.2. The molecule has 98 valence electrons. The predicted octanol–water partition coefficient (Wildman–Crippen LogP) is 2.60. The number of nitrogens with one attached hydrogen (secondary N) is 2. The predicted molar refractivity (Wildman–Crippen MR) is 74.1 cm³/mol. The summed E-state index contributed by atoms with van der Waals surface area (Å²) in [4.78, 5) is 4.12. The summed E-state index contributed by atoms with van der Waals surface area (Å²) in [6, 6.07) is 4.50. The van der Waals surface area contributed by atoms with Crippen LogP contribution in [0.3, 0.4) is 0 Å². The molecular formula is C14H22N4. The van der Waals surface area contributed by atoms with Gasteiger partial charge in [0, 0.05) is 24.0 Å². The topological polar surface area (TPSA) is 63.0 Å². The summed E-state index contributed by atoms with van der Waals surface area (Å²) in [6.07, 6.45) is 7.55. The van der Waals surface area contributed by atoms with Gasteiger partial charge in [0.05, 0.1) is 0 Å². The minimum absolute atomic E-state index is 0.535. The van der Waals surface area contributed by atoms with E-state index in [4.69, 9.17) is 5.84 Å². The molecule has 1 aromatic heterocycles. The van der Waals surface area contributed by atoms with Crippen molar-refractivity contribution in [2.24, 2.45) is 23.6 Å². The molecule has 0 amide bonds. The zero-order valence-electron chi connectivity index (χ0n) is 10.9. The second-order valence-electron chi connectivity index (χ2n) is 5.85. The van der Waals surface area contributed by atoms with Gasteiger partial charge in [-0.1, -0.05) is 6.42 Å². The lowest BCUT2D eigenvalue weighted by Crippen LogP contribution is -2.30. The Morgan fingerprint density at radius 3 is 2.94 bits per heavy atom. The fraction of sp³-hybridized carbons (Fsp3) is 0.643. The second kappa shape index (κ2) is 4.76. The molecule has 0 spiro atoms. The smallest absolute Gasteiger partial charge is 0.141 e. The van der Waals surface area contributed by atoms with Crippen LogP contribution in [0.2, 0.25) is 0 Å². The Hall–Kier alpha value is -1.29. The Morgan fingerprint density at radius 1 is 1.39 bits per heavy atom. The van der Waals surface area contributed by atoms with Gasteiger partial charge in [-0.2, -0.15) is 0 Å². The standard InChI is InChI=1S/C14H22N4/c1-9(13-7-10-2-3-11(13)6-10)17-12-4-5-16-14(8-12)18-15/h4-5,8-11,13H,2-3,6-7,15H2,1H3,(H2,16,17,18). The number of hydrogen-bond donors (Lipinski definition) is 3. The van der Waals surface area contributed by atoms with E-state index in [9.17, 15) is 0 Å². The molecule has 2 bridgehead atoms. The minimum atomic E-state index is 0.535. The molecule has 4 atom stereocenters. The quantitative estimate of drug-likeness (QED) is 0.564. The number of nitrogen functional groups attached to an aromatic ring is 1. The van der Waals surface area contributed by atoms with Crippen molar-refractivity contribution >= 4 is 11.5 Å². The van der Waals surface area contributed by atoms with E-state index in [1.165, 1.54) is 25.7 Å². The van der Waals surface area contributed by atoms with Gasteiger partial charge < -0.3 is 10.7 Å². The van der Waals surface area contributed by atoms with Crippen LogP contribution in [0.1, 0.15) is 32.6 Å². The molecule has 3 rings (SSSR count). The van der Waals surface area contributed by atoms with Crippen LogP contribution in [0, 0.1) is 17.8 Å². The average molecular weight is 246 g/mol. The highest BCUT2D eigenvalue weighted by molar-refractivity contribution is 5.51. The molecular weight excluding hydrogens is 224 g/mol. The van der Waals surface area contributed by atoms with E-state index in [0.29, 0.717) is 11.9 Å². The Bertz CT molecular complexity index is 420. The van der Waals surface area contributed by atoms with Gasteiger partial charge >= 0.3 is 0 Å². The van der Waals surface area contributed by atoms with Crippen LogP contribution < -0.4 is 16.6 Å². The molecule has 18 heavy (non-hydrogen) atoms. The van der Waals surface area contributed by atoms with E-state index in [-0.39, 0.29) is 0 Å². The third-order valence-electron chi connectivity index (χ3n) is 4.74. The van der Waals surface area contributed by atoms with E-state index in [1.54, 1.807) is 6.20 Å².